The quantitative estimate of drug-likeness (QED) is 0.144. The molecule has 3 rings (SSSR count). The fourth-order valence-corrected chi connectivity index (χ4v) is 6.27. The number of rotatable bonds is 5. The van der Waals surface area contributed by atoms with Crippen LogP contribution in [0.5, 0.6) is 0 Å². The zero-order valence-electron chi connectivity index (χ0n) is 13.9. The minimum atomic E-state index is -6.00. The number of benzene rings is 2. The number of allylic oxidation sites excluding steroid dienone is 1. The van der Waals surface area contributed by atoms with E-state index >= 15 is 0 Å². The molecule has 1 aliphatic heterocycles. The van der Waals surface area contributed by atoms with Crippen LogP contribution in [0.4, 0.5) is 17.3 Å². The van der Waals surface area contributed by atoms with Gasteiger partial charge >= 0.3 is 7.25 Å². The normalized spacial score (nSPS) is 13.7. The molecule has 0 fully saturated rings. The van der Waals surface area contributed by atoms with Crippen molar-refractivity contribution in [2.75, 3.05) is 5.33 Å². The molecule has 1 heterocycles. The fraction of sp³-hybridized carbons (Fsp3) is 0.222. The van der Waals surface area contributed by atoms with Gasteiger partial charge in [-0.05, 0) is 49.6 Å². The Morgan fingerprint density at radius 3 is 1.88 bits per heavy atom. The van der Waals surface area contributed by atoms with E-state index in [0.29, 0.717) is 0 Å². The Morgan fingerprint density at radius 2 is 1.38 bits per heavy atom. The average molecular weight is 465 g/mol. The van der Waals surface area contributed by atoms with E-state index in [1.165, 1.54) is 38.8 Å². The zero-order valence-corrected chi connectivity index (χ0v) is 17.1. The number of halogens is 5. The van der Waals surface area contributed by atoms with Crippen molar-refractivity contribution in [1.29, 1.82) is 0 Å². The van der Waals surface area contributed by atoms with Crippen molar-refractivity contribution in [3.05, 3.63) is 60.0 Å². The van der Waals surface area contributed by atoms with E-state index in [9.17, 15) is 17.3 Å². The van der Waals surface area contributed by atoms with E-state index in [2.05, 4.69) is 75.9 Å². The Labute approximate surface area is 167 Å². The molecule has 0 N–H and O–H groups in total. The number of alkyl halides is 1. The van der Waals surface area contributed by atoms with Crippen LogP contribution in [-0.4, -0.2) is 12.6 Å². The van der Waals surface area contributed by atoms with Crippen LogP contribution in [0.25, 0.3) is 0 Å². The Kier molecular flexibility index (Phi) is 8.64. The van der Waals surface area contributed by atoms with Crippen molar-refractivity contribution >= 4 is 45.8 Å². The first-order chi connectivity index (χ1) is 12.4. The van der Waals surface area contributed by atoms with Crippen LogP contribution >= 0.6 is 27.7 Å². The molecule has 2 aromatic carbocycles. The second-order valence-electron chi connectivity index (χ2n) is 5.38. The maximum Gasteiger partial charge on any atom is 0.673 e. The van der Waals surface area contributed by atoms with Gasteiger partial charge in [0.25, 0.3) is 0 Å². The van der Waals surface area contributed by atoms with E-state index in [0.717, 1.165) is 5.33 Å². The summed E-state index contributed by atoms with van der Waals surface area (Å²) in [7, 11) is -5.91. The molecule has 0 nitrogen and oxygen atoms in total. The minimum Gasteiger partial charge on any atom is -0.418 e. The summed E-state index contributed by atoms with van der Waals surface area (Å²) in [4.78, 5) is 5.75. The summed E-state index contributed by atoms with van der Waals surface area (Å²) in [5.41, 5.74) is 0. The summed E-state index contributed by atoms with van der Waals surface area (Å²) in [5, 5.41) is 3.53. The van der Waals surface area contributed by atoms with Crippen LogP contribution in [0.2, 0.25) is 0 Å². The lowest BCUT2D eigenvalue weighted by Crippen LogP contribution is -2.07. The van der Waals surface area contributed by atoms with Gasteiger partial charge in [-0.25, -0.2) is 0 Å². The maximum absolute atomic E-state index is 9.75. The van der Waals surface area contributed by atoms with Crippen molar-refractivity contribution in [3.8, 4) is 0 Å². The Morgan fingerprint density at radius 1 is 0.885 bits per heavy atom. The van der Waals surface area contributed by atoms with Crippen molar-refractivity contribution < 1.29 is 17.3 Å². The van der Waals surface area contributed by atoms with Gasteiger partial charge in [-0.1, -0.05) is 52.0 Å². The molecule has 0 aliphatic carbocycles. The van der Waals surface area contributed by atoms with Gasteiger partial charge in [0.2, 0.25) is 0 Å². The number of fused-ring (bicyclic) bond motifs is 2. The van der Waals surface area contributed by atoms with Gasteiger partial charge in [0.15, 0.2) is 9.79 Å². The minimum absolute atomic E-state index is 0.0869. The molecule has 0 unspecified atom stereocenters. The first-order valence-electron chi connectivity index (χ1n) is 8.09. The molecule has 8 heteroatoms. The lowest BCUT2D eigenvalue weighted by atomic mass is 10.2. The molecule has 0 spiro atoms. The van der Waals surface area contributed by atoms with E-state index in [1.807, 2.05) is 11.8 Å². The van der Waals surface area contributed by atoms with Crippen LogP contribution < -0.4 is 0 Å². The lowest BCUT2D eigenvalue weighted by Gasteiger charge is -2.16. The van der Waals surface area contributed by atoms with Crippen LogP contribution in [0.15, 0.2) is 79.6 Å². The van der Waals surface area contributed by atoms with Gasteiger partial charge in [-0.2, -0.15) is 0 Å². The highest BCUT2D eigenvalue weighted by Gasteiger charge is 2.33. The highest BCUT2D eigenvalue weighted by atomic mass is 79.9. The summed E-state index contributed by atoms with van der Waals surface area (Å²) in [6, 6.07) is 17.7. The van der Waals surface area contributed by atoms with E-state index in [4.69, 9.17) is 0 Å². The van der Waals surface area contributed by atoms with E-state index in [1.54, 1.807) is 0 Å². The van der Waals surface area contributed by atoms with Crippen molar-refractivity contribution in [1.82, 2.24) is 0 Å². The van der Waals surface area contributed by atoms with Gasteiger partial charge in [0, 0.05) is 5.33 Å². The Bertz CT molecular complexity index is 686. The monoisotopic (exact) mass is 464 g/mol. The summed E-state index contributed by atoms with van der Waals surface area (Å²) >= 11 is 5.40. The van der Waals surface area contributed by atoms with Crippen LogP contribution in [-0.2, 0) is 10.9 Å². The van der Waals surface area contributed by atoms with Gasteiger partial charge in [0.1, 0.15) is 5.41 Å². The maximum atomic E-state index is 9.75. The van der Waals surface area contributed by atoms with Crippen molar-refractivity contribution in [3.63, 3.8) is 0 Å². The van der Waals surface area contributed by atoms with Gasteiger partial charge in [0.05, 0.1) is 20.7 Å². The highest BCUT2D eigenvalue weighted by molar-refractivity contribution is 9.09. The molecule has 0 saturated heterocycles. The molecule has 0 amide bonds. The first-order valence-corrected chi connectivity index (χ1v) is 11.3. The van der Waals surface area contributed by atoms with Crippen molar-refractivity contribution in [2.24, 2.45) is 0 Å². The highest BCUT2D eigenvalue weighted by Crippen LogP contribution is 2.45. The third-order valence-corrected chi connectivity index (χ3v) is 7.47. The lowest BCUT2D eigenvalue weighted by molar-refractivity contribution is 0.368. The third-order valence-electron chi connectivity index (χ3n) is 3.38. The zero-order chi connectivity index (χ0) is 19.0. The van der Waals surface area contributed by atoms with Crippen LogP contribution in [0.1, 0.15) is 19.3 Å². The molecule has 140 valence electrons. The van der Waals surface area contributed by atoms with Gasteiger partial charge < -0.3 is 17.3 Å². The fourth-order valence-electron chi connectivity index (χ4n) is 2.34. The largest absolute Gasteiger partial charge is 0.673 e. The standard InChI is InChI=1S/C18H18BrS2.BF4/c19-13-7-1-2-8-14-21-17-11-5-3-9-15(17)20-16-10-4-6-12-18(16)21;2-1(3,4)5/h3-6,8-12,14H,1-2,7,13H2;/q+1;-1. The van der Waals surface area contributed by atoms with Crippen LogP contribution in [0, 0.1) is 0 Å². The predicted molar refractivity (Wildman–Crippen MR) is 108 cm³/mol. The Balaban J connectivity index is 0.000000431. The molecular weight excluding hydrogens is 447 g/mol. The molecule has 0 saturated carbocycles. The molecule has 0 aromatic heterocycles. The smallest absolute Gasteiger partial charge is 0.418 e. The van der Waals surface area contributed by atoms with E-state index < -0.39 is 7.25 Å². The molecular formula is C18H18BBrF4S2. The predicted octanol–water partition coefficient (Wildman–Crippen LogP) is 7.57. The molecule has 26 heavy (non-hydrogen) atoms. The number of hydrogen-bond acceptors (Lipinski definition) is 1. The molecule has 0 atom stereocenters. The number of hydrogen-bond donors (Lipinski definition) is 0. The summed E-state index contributed by atoms with van der Waals surface area (Å²) in [5.74, 6) is 0. The molecule has 0 radical (unpaired) electrons. The topological polar surface area (TPSA) is 0 Å². The Hall–Kier alpha value is -0.855. The van der Waals surface area contributed by atoms with E-state index in [-0.39, 0.29) is 10.9 Å². The summed E-state index contributed by atoms with van der Waals surface area (Å²) in [6.07, 6.45) is 6.06. The SMILES string of the molecule is BrCCCCC=C[S+]1c2ccccc2Sc2ccccc21.F[B-](F)(F)F. The van der Waals surface area contributed by atoms with Gasteiger partial charge in [-0.15, -0.1) is 0 Å². The van der Waals surface area contributed by atoms with Gasteiger partial charge in [-0.3, -0.25) is 0 Å². The molecule has 0 bridgehead atoms. The second kappa shape index (κ2) is 10.5. The summed E-state index contributed by atoms with van der Waals surface area (Å²) < 4.78 is 39.0. The third kappa shape index (κ3) is 7.04. The molecule has 2 aromatic rings. The first kappa shape index (κ1) is 21.4. The number of unbranched alkanes of at least 4 members (excludes halogenated alkanes) is 2. The summed E-state index contributed by atoms with van der Waals surface area (Å²) in [6.45, 7) is 0. The average Bonchev–Trinajstić information content (AvgIpc) is 2.59. The van der Waals surface area contributed by atoms with Crippen LogP contribution in [0.3, 0.4) is 0 Å². The molecule has 1 aliphatic rings. The second-order valence-corrected chi connectivity index (χ2v) is 9.09. The van der Waals surface area contributed by atoms with Crippen molar-refractivity contribution in [2.45, 2.75) is 38.8 Å².